The number of hydrogen-bond donors (Lipinski definition) is 1. The lowest BCUT2D eigenvalue weighted by molar-refractivity contribution is 0.130. The number of nitrogens with one attached hydrogen (secondary N) is 1. The molecule has 0 aliphatic rings. The maximum absolute atomic E-state index is 5.43. The van der Waals surface area contributed by atoms with Gasteiger partial charge in [-0.15, -0.1) is 0 Å². The SMILES string of the molecule is C=C(C)C(CCCOCCC)NSC. The first-order valence-corrected chi connectivity index (χ1v) is 6.46. The van der Waals surface area contributed by atoms with E-state index in [2.05, 4.69) is 25.1 Å². The Morgan fingerprint density at radius 1 is 1.50 bits per heavy atom. The number of hydrogen-bond acceptors (Lipinski definition) is 3. The molecule has 0 aromatic heterocycles. The Bertz CT molecular complexity index is 150. The van der Waals surface area contributed by atoms with Crippen molar-refractivity contribution in [3.63, 3.8) is 0 Å². The quantitative estimate of drug-likeness (QED) is 0.364. The largest absolute Gasteiger partial charge is 0.381 e. The Kier molecular flexibility index (Phi) is 9.57. The molecule has 0 aliphatic heterocycles. The van der Waals surface area contributed by atoms with Crippen LogP contribution in [-0.4, -0.2) is 25.5 Å². The minimum atomic E-state index is 0.426. The second-order valence-electron chi connectivity index (χ2n) is 3.48. The van der Waals surface area contributed by atoms with Gasteiger partial charge in [-0.3, -0.25) is 4.72 Å². The molecule has 0 radical (unpaired) electrons. The topological polar surface area (TPSA) is 21.3 Å². The van der Waals surface area contributed by atoms with Gasteiger partial charge in [-0.2, -0.15) is 0 Å². The molecule has 0 aromatic carbocycles. The van der Waals surface area contributed by atoms with Crippen molar-refractivity contribution >= 4 is 11.9 Å². The summed E-state index contributed by atoms with van der Waals surface area (Å²) in [5.41, 5.74) is 1.20. The molecule has 1 unspecified atom stereocenters. The van der Waals surface area contributed by atoms with Crippen molar-refractivity contribution in [1.29, 1.82) is 0 Å². The minimum absolute atomic E-state index is 0.426. The fourth-order valence-corrected chi connectivity index (χ4v) is 1.79. The number of ether oxygens (including phenoxy) is 1. The molecular formula is C11H23NOS. The molecule has 3 heteroatoms. The normalized spacial score (nSPS) is 12.8. The maximum atomic E-state index is 5.43. The average Bonchev–Trinajstić information content (AvgIpc) is 2.15. The van der Waals surface area contributed by atoms with Crippen molar-refractivity contribution in [2.24, 2.45) is 0 Å². The Balaban J connectivity index is 3.46. The van der Waals surface area contributed by atoms with E-state index in [-0.39, 0.29) is 0 Å². The monoisotopic (exact) mass is 217 g/mol. The molecule has 0 aromatic rings. The third-order valence-corrected chi connectivity index (χ3v) is 2.51. The van der Waals surface area contributed by atoms with Crippen LogP contribution in [0.2, 0.25) is 0 Å². The second-order valence-corrected chi connectivity index (χ2v) is 4.12. The van der Waals surface area contributed by atoms with Gasteiger partial charge >= 0.3 is 0 Å². The summed E-state index contributed by atoms with van der Waals surface area (Å²) in [6.45, 7) is 9.93. The van der Waals surface area contributed by atoms with Crippen LogP contribution < -0.4 is 4.72 Å². The van der Waals surface area contributed by atoms with Gasteiger partial charge in [0.05, 0.1) is 0 Å². The smallest absolute Gasteiger partial charge is 0.0466 e. The van der Waals surface area contributed by atoms with E-state index in [0.717, 1.165) is 32.5 Å². The molecule has 1 N–H and O–H groups in total. The van der Waals surface area contributed by atoms with Crippen LogP contribution in [0.5, 0.6) is 0 Å². The van der Waals surface area contributed by atoms with Crippen molar-refractivity contribution < 1.29 is 4.74 Å². The van der Waals surface area contributed by atoms with Gasteiger partial charge in [-0.1, -0.05) is 31.0 Å². The molecule has 0 bridgehead atoms. The third-order valence-electron chi connectivity index (χ3n) is 1.98. The van der Waals surface area contributed by atoms with Gasteiger partial charge in [0.25, 0.3) is 0 Å². The van der Waals surface area contributed by atoms with E-state index in [0.29, 0.717) is 6.04 Å². The first-order valence-electron chi connectivity index (χ1n) is 5.24. The lowest BCUT2D eigenvalue weighted by Gasteiger charge is -2.16. The molecule has 0 spiro atoms. The summed E-state index contributed by atoms with van der Waals surface area (Å²) in [6.07, 6.45) is 5.36. The van der Waals surface area contributed by atoms with Crippen molar-refractivity contribution in [1.82, 2.24) is 4.72 Å². The van der Waals surface area contributed by atoms with E-state index in [9.17, 15) is 0 Å². The zero-order chi connectivity index (χ0) is 10.8. The van der Waals surface area contributed by atoms with Crippen LogP contribution in [-0.2, 0) is 4.74 Å². The van der Waals surface area contributed by atoms with E-state index < -0.39 is 0 Å². The maximum Gasteiger partial charge on any atom is 0.0466 e. The molecule has 1 atom stereocenters. The fraction of sp³-hybridized carbons (Fsp3) is 0.818. The van der Waals surface area contributed by atoms with Crippen LogP contribution in [0.4, 0.5) is 0 Å². The van der Waals surface area contributed by atoms with Gasteiger partial charge in [0.2, 0.25) is 0 Å². The van der Waals surface area contributed by atoms with Crippen LogP contribution in [0.25, 0.3) is 0 Å². The first kappa shape index (κ1) is 14.0. The predicted octanol–water partition coefficient (Wildman–Crippen LogP) is 3.01. The third kappa shape index (κ3) is 7.42. The Morgan fingerprint density at radius 2 is 2.21 bits per heavy atom. The molecule has 0 fully saturated rings. The van der Waals surface area contributed by atoms with E-state index in [1.165, 1.54) is 5.57 Å². The summed E-state index contributed by atoms with van der Waals surface area (Å²) in [6, 6.07) is 0.426. The summed E-state index contributed by atoms with van der Waals surface area (Å²) < 4.78 is 8.76. The van der Waals surface area contributed by atoms with E-state index in [1.54, 1.807) is 11.9 Å². The van der Waals surface area contributed by atoms with Gasteiger partial charge in [0, 0.05) is 19.3 Å². The van der Waals surface area contributed by atoms with Crippen molar-refractivity contribution in [2.75, 3.05) is 19.5 Å². The Morgan fingerprint density at radius 3 is 2.71 bits per heavy atom. The molecule has 84 valence electrons. The van der Waals surface area contributed by atoms with Crippen LogP contribution in [0.3, 0.4) is 0 Å². The van der Waals surface area contributed by atoms with Gasteiger partial charge in [0.1, 0.15) is 0 Å². The second kappa shape index (κ2) is 9.56. The molecular weight excluding hydrogens is 194 g/mol. The highest BCUT2D eigenvalue weighted by Gasteiger charge is 2.07. The molecule has 0 heterocycles. The zero-order valence-electron chi connectivity index (χ0n) is 9.64. The minimum Gasteiger partial charge on any atom is -0.381 e. The van der Waals surface area contributed by atoms with Crippen LogP contribution >= 0.6 is 11.9 Å². The highest BCUT2D eigenvalue weighted by atomic mass is 32.2. The van der Waals surface area contributed by atoms with Gasteiger partial charge < -0.3 is 4.74 Å². The van der Waals surface area contributed by atoms with Crippen LogP contribution in [0, 0.1) is 0 Å². The zero-order valence-corrected chi connectivity index (χ0v) is 10.5. The summed E-state index contributed by atoms with van der Waals surface area (Å²) in [5, 5.41) is 0. The van der Waals surface area contributed by atoms with Crippen LogP contribution in [0.1, 0.15) is 33.1 Å². The predicted molar refractivity (Wildman–Crippen MR) is 65.6 cm³/mol. The van der Waals surface area contributed by atoms with Crippen molar-refractivity contribution in [2.45, 2.75) is 39.2 Å². The summed E-state index contributed by atoms with van der Waals surface area (Å²) in [4.78, 5) is 0. The van der Waals surface area contributed by atoms with Gasteiger partial charge in [-0.05, 0) is 32.4 Å². The van der Waals surface area contributed by atoms with Gasteiger partial charge in [-0.25, -0.2) is 0 Å². The van der Waals surface area contributed by atoms with Gasteiger partial charge in [0.15, 0.2) is 0 Å². The lowest BCUT2D eigenvalue weighted by atomic mass is 10.1. The highest BCUT2D eigenvalue weighted by Crippen LogP contribution is 2.09. The summed E-state index contributed by atoms with van der Waals surface area (Å²) in [7, 11) is 0. The molecule has 0 rings (SSSR count). The van der Waals surface area contributed by atoms with Crippen LogP contribution in [0.15, 0.2) is 12.2 Å². The molecule has 0 aliphatic carbocycles. The van der Waals surface area contributed by atoms with E-state index >= 15 is 0 Å². The standard InChI is InChI=1S/C11H23NOS/c1-5-8-13-9-6-7-11(10(2)3)12-14-4/h11-12H,2,5-9H2,1,3-4H3. The fourth-order valence-electron chi connectivity index (χ4n) is 1.18. The van der Waals surface area contributed by atoms with E-state index in [4.69, 9.17) is 4.74 Å². The van der Waals surface area contributed by atoms with Crippen molar-refractivity contribution in [3.05, 3.63) is 12.2 Å². The number of rotatable bonds is 9. The average molecular weight is 217 g/mol. The Labute approximate surface area is 92.6 Å². The van der Waals surface area contributed by atoms with Crippen molar-refractivity contribution in [3.8, 4) is 0 Å². The van der Waals surface area contributed by atoms with E-state index in [1.807, 2.05) is 6.26 Å². The molecule has 0 saturated carbocycles. The summed E-state index contributed by atoms with van der Waals surface area (Å²) >= 11 is 1.65. The molecule has 0 amide bonds. The molecule has 0 saturated heterocycles. The first-order chi connectivity index (χ1) is 6.72. The summed E-state index contributed by atoms with van der Waals surface area (Å²) in [5.74, 6) is 0. The Hall–Kier alpha value is 0.0100. The lowest BCUT2D eigenvalue weighted by Crippen LogP contribution is -2.24. The highest BCUT2D eigenvalue weighted by molar-refractivity contribution is 7.96. The molecule has 14 heavy (non-hydrogen) atoms. The molecule has 2 nitrogen and oxygen atoms in total.